The fourth-order valence-electron chi connectivity index (χ4n) is 9.03. The van der Waals surface area contributed by atoms with Crippen molar-refractivity contribution in [3.05, 3.63) is 204 Å². The predicted octanol–water partition coefficient (Wildman–Crippen LogP) is 12.1. The van der Waals surface area contributed by atoms with Crippen LogP contribution in [-0.2, 0) is 5.41 Å². The van der Waals surface area contributed by atoms with Crippen molar-refractivity contribution in [1.29, 1.82) is 0 Å². The summed E-state index contributed by atoms with van der Waals surface area (Å²) in [5.74, 6) is 0. The molecule has 2 aliphatic rings. The van der Waals surface area contributed by atoms with Crippen LogP contribution in [0.5, 0.6) is 0 Å². The summed E-state index contributed by atoms with van der Waals surface area (Å²) >= 11 is 0. The first kappa shape index (κ1) is 26.7. The average molecular weight is 623 g/mol. The molecule has 1 aromatic heterocycles. The topological polar surface area (TPSA) is 8.17 Å². The summed E-state index contributed by atoms with van der Waals surface area (Å²) in [7, 11) is 0. The Bertz CT molecular complexity index is 2790. The van der Waals surface area contributed by atoms with Gasteiger partial charge in [0.1, 0.15) is 0 Å². The smallest absolute Gasteiger partial charge is 0.0754 e. The summed E-state index contributed by atoms with van der Waals surface area (Å²) in [5, 5.41) is 5.07. The maximum absolute atomic E-state index is 2.51. The molecule has 0 fully saturated rings. The van der Waals surface area contributed by atoms with E-state index in [4.69, 9.17) is 0 Å². The number of nitrogens with zero attached hydrogens (tertiary/aromatic N) is 2. The largest absolute Gasteiger partial charge is 0.310 e. The molecule has 0 saturated heterocycles. The summed E-state index contributed by atoms with van der Waals surface area (Å²) in [6, 6.07) is 67.3. The summed E-state index contributed by atoms with van der Waals surface area (Å²) in [6.45, 7) is 0. The van der Waals surface area contributed by atoms with E-state index in [1.165, 1.54) is 71.6 Å². The van der Waals surface area contributed by atoms with E-state index in [0.29, 0.717) is 0 Å². The number of rotatable bonds is 3. The van der Waals surface area contributed by atoms with Crippen LogP contribution >= 0.6 is 0 Å². The minimum absolute atomic E-state index is 0.453. The van der Waals surface area contributed by atoms with E-state index in [9.17, 15) is 0 Å². The maximum Gasteiger partial charge on any atom is 0.0754 e. The van der Waals surface area contributed by atoms with Crippen molar-refractivity contribution in [1.82, 2.24) is 4.57 Å². The van der Waals surface area contributed by atoms with Crippen LogP contribution in [0.4, 0.5) is 17.1 Å². The molecule has 9 aromatic rings. The first-order valence-electron chi connectivity index (χ1n) is 17.0. The van der Waals surface area contributed by atoms with Gasteiger partial charge in [-0.05, 0) is 92.7 Å². The second kappa shape index (κ2) is 9.82. The molecule has 228 valence electrons. The van der Waals surface area contributed by atoms with Crippen molar-refractivity contribution in [3.8, 4) is 16.8 Å². The van der Waals surface area contributed by atoms with Crippen LogP contribution in [-0.4, -0.2) is 4.57 Å². The second-order valence-electron chi connectivity index (χ2n) is 13.3. The molecule has 1 aliphatic carbocycles. The van der Waals surface area contributed by atoms with Gasteiger partial charge in [-0.3, -0.25) is 0 Å². The molecule has 11 rings (SSSR count). The van der Waals surface area contributed by atoms with Crippen LogP contribution in [0.3, 0.4) is 0 Å². The Morgan fingerprint density at radius 2 is 1.04 bits per heavy atom. The van der Waals surface area contributed by atoms with Gasteiger partial charge in [-0.2, -0.15) is 0 Å². The van der Waals surface area contributed by atoms with Gasteiger partial charge in [0, 0.05) is 27.8 Å². The van der Waals surface area contributed by atoms with E-state index in [2.05, 4.69) is 191 Å². The molecule has 0 bridgehead atoms. The standard InChI is InChI=1S/C47H30N2/c1-2-15-33(16-3-1)48(34-26-25-31-13-4-5-14-32(31)29-34)35-27-28-41-39(30-35)36-17-6-8-20-40(36)47(41)42-21-9-11-24-45(42)49-44-23-10-7-18-37(44)38-19-12-22-43(47)46(38)49/h1-30H. The Balaban J connectivity index is 1.22. The van der Waals surface area contributed by atoms with Crippen molar-refractivity contribution in [2.75, 3.05) is 4.90 Å². The lowest BCUT2D eigenvalue weighted by Gasteiger charge is -2.39. The van der Waals surface area contributed by atoms with E-state index in [-0.39, 0.29) is 0 Å². The number of benzene rings is 8. The first-order valence-corrected chi connectivity index (χ1v) is 17.0. The quantitative estimate of drug-likeness (QED) is 0.190. The second-order valence-corrected chi connectivity index (χ2v) is 13.3. The molecular formula is C47H30N2. The third kappa shape index (κ3) is 3.45. The summed E-state index contributed by atoms with van der Waals surface area (Å²) in [6.07, 6.45) is 0. The zero-order valence-corrected chi connectivity index (χ0v) is 26.7. The van der Waals surface area contributed by atoms with Gasteiger partial charge in [0.2, 0.25) is 0 Å². The zero-order chi connectivity index (χ0) is 32.1. The highest BCUT2D eigenvalue weighted by Crippen LogP contribution is 2.61. The molecule has 2 nitrogen and oxygen atoms in total. The highest BCUT2D eigenvalue weighted by Gasteiger charge is 2.50. The number of aromatic nitrogens is 1. The molecule has 1 unspecified atom stereocenters. The van der Waals surface area contributed by atoms with Crippen LogP contribution in [0.25, 0.3) is 49.4 Å². The number of anilines is 3. The molecule has 1 atom stereocenters. The lowest BCUT2D eigenvalue weighted by atomic mass is 9.65. The number of para-hydroxylation sites is 4. The molecule has 49 heavy (non-hydrogen) atoms. The van der Waals surface area contributed by atoms with Gasteiger partial charge in [-0.25, -0.2) is 0 Å². The monoisotopic (exact) mass is 622 g/mol. The molecular weight excluding hydrogens is 593 g/mol. The number of hydrogen-bond acceptors (Lipinski definition) is 1. The van der Waals surface area contributed by atoms with Gasteiger partial charge >= 0.3 is 0 Å². The van der Waals surface area contributed by atoms with Gasteiger partial charge in [0.05, 0.1) is 22.1 Å². The van der Waals surface area contributed by atoms with E-state index in [1.54, 1.807) is 0 Å². The Morgan fingerprint density at radius 1 is 0.388 bits per heavy atom. The third-order valence-electron chi connectivity index (χ3n) is 10.9. The van der Waals surface area contributed by atoms with Crippen molar-refractivity contribution in [3.63, 3.8) is 0 Å². The Labute approximate surface area is 284 Å². The van der Waals surface area contributed by atoms with Gasteiger partial charge in [0.25, 0.3) is 0 Å². The van der Waals surface area contributed by atoms with E-state index in [1.807, 2.05) is 0 Å². The fourth-order valence-corrected chi connectivity index (χ4v) is 9.03. The zero-order valence-electron chi connectivity index (χ0n) is 26.7. The lowest BCUT2D eigenvalue weighted by molar-refractivity contribution is 0.748. The minimum atomic E-state index is -0.453. The maximum atomic E-state index is 2.51. The predicted molar refractivity (Wildman–Crippen MR) is 204 cm³/mol. The Morgan fingerprint density at radius 3 is 1.96 bits per heavy atom. The van der Waals surface area contributed by atoms with Gasteiger partial charge in [0.15, 0.2) is 0 Å². The summed E-state index contributed by atoms with van der Waals surface area (Å²) in [4.78, 5) is 2.40. The molecule has 2 heteroatoms. The SMILES string of the molecule is c1ccc(N(c2ccc3c(c2)-c2ccccc2C32c3ccccc3-n3c4ccccc4c4cccc2c43)c2ccc3ccccc3c2)cc1. The van der Waals surface area contributed by atoms with Crippen molar-refractivity contribution in [2.45, 2.75) is 5.41 Å². The molecule has 0 saturated carbocycles. The van der Waals surface area contributed by atoms with Crippen LogP contribution < -0.4 is 4.90 Å². The average Bonchev–Trinajstić information content (AvgIpc) is 3.66. The molecule has 1 aliphatic heterocycles. The normalized spacial score (nSPS) is 15.4. The molecule has 0 amide bonds. The molecule has 2 heterocycles. The Kier molecular flexibility index (Phi) is 5.34. The van der Waals surface area contributed by atoms with E-state index >= 15 is 0 Å². The first-order chi connectivity index (χ1) is 24.3. The molecule has 0 N–H and O–H groups in total. The number of hydrogen-bond donors (Lipinski definition) is 0. The fraction of sp³-hybridized carbons (Fsp3) is 0.0213. The van der Waals surface area contributed by atoms with Crippen LogP contribution in [0.2, 0.25) is 0 Å². The third-order valence-corrected chi connectivity index (χ3v) is 10.9. The number of fused-ring (bicyclic) bond motifs is 13. The lowest BCUT2D eigenvalue weighted by Crippen LogP contribution is -2.33. The van der Waals surface area contributed by atoms with Crippen LogP contribution in [0.15, 0.2) is 182 Å². The Hall–Kier alpha value is -6.38. The molecule has 0 radical (unpaired) electrons. The van der Waals surface area contributed by atoms with Crippen molar-refractivity contribution in [2.24, 2.45) is 0 Å². The van der Waals surface area contributed by atoms with Gasteiger partial charge in [-0.1, -0.05) is 133 Å². The van der Waals surface area contributed by atoms with E-state index < -0.39 is 5.41 Å². The van der Waals surface area contributed by atoms with Crippen LogP contribution in [0, 0.1) is 0 Å². The van der Waals surface area contributed by atoms with Gasteiger partial charge < -0.3 is 9.47 Å². The van der Waals surface area contributed by atoms with E-state index in [0.717, 1.165) is 17.1 Å². The summed E-state index contributed by atoms with van der Waals surface area (Å²) < 4.78 is 2.51. The minimum Gasteiger partial charge on any atom is -0.310 e. The van der Waals surface area contributed by atoms with Crippen molar-refractivity contribution >= 4 is 49.6 Å². The highest BCUT2D eigenvalue weighted by molar-refractivity contribution is 6.13. The highest BCUT2D eigenvalue weighted by atomic mass is 15.1. The molecule has 8 aromatic carbocycles. The van der Waals surface area contributed by atoms with Crippen molar-refractivity contribution < 1.29 is 0 Å². The van der Waals surface area contributed by atoms with Gasteiger partial charge in [-0.15, -0.1) is 0 Å². The summed E-state index contributed by atoms with van der Waals surface area (Å²) in [5.41, 5.74) is 14.7. The molecule has 1 spiro atoms. The van der Waals surface area contributed by atoms with Crippen LogP contribution in [0.1, 0.15) is 22.3 Å².